The number of anilines is 1. The lowest BCUT2D eigenvalue weighted by molar-refractivity contribution is -0.138. The molecule has 0 amide bonds. The number of halogens is 7. The van der Waals surface area contributed by atoms with Crippen LogP contribution in [0.2, 0.25) is 5.15 Å². The van der Waals surface area contributed by atoms with E-state index in [9.17, 15) is 35.9 Å². The van der Waals surface area contributed by atoms with E-state index < -0.39 is 57.2 Å². The van der Waals surface area contributed by atoms with Crippen molar-refractivity contribution in [2.24, 2.45) is 0 Å². The highest BCUT2D eigenvalue weighted by Gasteiger charge is 2.33. The Labute approximate surface area is 182 Å². The van der Waals surface area contributed by atoms with Crippen molar-refractivity contribution in [3.8, 4) is 0 Å². The number of aromatic nitrogens is 2. The van der Waals surface area contributed by atoms with Gasteiger partial charge in [-0.15, -0.1) is 0 Å². The van der Waals surface area contributed by atoms with E-state index in [1.807, 2.05) is 0 Å². The molecule has 0 aliphatic heterocycles. The minimum absolute atomic E-state index is 0.0806. The molecular formula is C18H16ClF6N3O4. The maximum atomic E-state index is 12.4. The number of nitrogens with one attached hydrogen (secondary N) is 1. The van der Waals surface area contributed by atoms with Gasteiger partial charge in [0.05, 0.1) is 16.7 Å². The van der Waals surface area contributed by atoms with E-state index in [0.29, 0.717) is 24.5 Å². The number of hydrogen-bond donors (Lipinski definition) is 3. The van der Waals surface area contributed by atoms with Gasteiger partial charge in [-0.25, -0.2) is 19.6 Å². The molecule has 14 heteroatoms. The van der Waals surface area contributed by atoms with Gasteiger partial charge < -0.3 is 15.5 Å². The number of pyridine rings is 2. The molecule has 2 heterocycles. The summed E-state index contributed by atoms with van der Waals surface area (Å²) in [7, 11) is 0. The minimum atomic E-state index is -4.62. The molecule has 3 N–H and O–H groups in total. The Morgan fingerprint density at radius 1 is 0.844 bits per heavy atom. The minimum Gasteiger partial charge on any atom is -0.478 e. The highest BCUT2D eigenvalue weighted by Crippen LogP contribution is 2.32. The molecule has 0 saturated heterocycles. The van der Waals surface area contributed by atoms with Crippen LogP contribution in [0.25, 0.3) is 0 Å². The third-order valence-corrected chi connectivity index (χ3v) is 3.64. The quantitative estimate of drug-likeness (QED) is 0.389. The second-order valence-corrected chi connectivity index (χ2v) is 7.52. The number of hydrogen-bond acceptors (Lipinski definition) is 5. The molecule has 32 heavy (non-hydrogen) atoms. The third-order valence-electron chi connectivity index (χ3n) is 3.34. The normalized spacial score (nSPS) is 11.9. The lowest BCUT2D eigenvalue weighted by Crippen LogP contribution is -2.28. The molecule has 0 aromatic carbocycles. The smallest absolute Gasteiger partial charge is 0.417 e. The summed E-state index contributed by atoms with van der Waals surface area (Å²) < 4.78 is 73.6. The first-order valence-corrected chi connectivity index (χ1v) is 8.75. The lowest BCUT2D eigenvalue weighted by atomic mass is 10.1. The summed E-state index contributed by atoms with van der Waals surface area (Å²) in [5.74, 6) is -3.09. The fourth-order valence-electron chi connectivity index (χ4n) is 1.99. The van der Waals surface area contributed by atoms with E-state index in [1.165, 1.54) is 0 Å². The first-order valence-electron chi connectivity index (χ1n) is 8.37. The van der Waals surface area contributed by atoms with Crippen LogP contribution in [0.1, 0.15) is 52.6 Å². The summed E-state index contributed by atoms with van der Waals surface area (Å²) >= 11 is 5.28. The molecule has 7 nitrogen and oxygen atoms in total. The van der Waals surface area contributed by atoms with Gasteiger partial charge in [-0.3, -0.25) is 0 Å². The number of carboxylic acid groups (broad SMARTS) is 2. The predicted octanol–water partition coefficient (Wildman–Crippen LogP) is 5.46. The summed E-state index contributed by atoms with van der Waals surface area (Å²) in [6.45, 7) is 5.24. The van der Waals surface area contributed by atoms with Crippen molar-refractivity contribution in [1.82, 2.24) is 9.97 Å². The van der Waals surface area contributed by atoms with E-state index in [-0.39, 0.29) is 5.82 Å². The molecule has 0 aliphatic carbocycles. The summed E-state index contributed by atoms with van der Waals surface area (Å²) in [5, 5.41) is 19.7. The zero-order chi connectivity index (χ0) is 25.1. The fourth-order valence-corrected chi connectivity index (χ4v) is 2.17. The van der Waals surface area contributed by atoms with Crippen LogP contribution in [0.15, 0.2) is 24.5 Å². The average Bonchev–Trinajstić information content (AvgIpc) is 2.59. The van der Waals surface area contributed by atoms with Crippen LogP contribution >= 0.6 is 11.6 Å². The number of rotatable bonds is 3. The van der Waals surface area contributed by atoms with Gasteiger partial charge in [0.15, 0.2) is 0 Å². The van der Waals surface area contributed by atoms with Crippen LogP contribution in [0.3, 0.4) is 0 Å². The summed E-state index contributed by atoms with van der Waals surface area (Å²) in [4.78, 5) is 28.0. The summed E-state index contributed by atoms with van der Waals surface area (Å²) in [5.41, 5.74) is -3.89. The maximum absolute atomic E-state index is 12.4. The standard InChI is InChI=1S/C11H13F3N2O2.C7H3ClF3NO2/c1-10(2,3)16-8-7(9(17)18)4-6(5-15-8)11(12,13)14;8-5-4(6(13)14)1-3(2-12-5)7(9,10)11/h4-5H,1-3H3,(H,15,16)(H,17,18);1-2H,(H,13,14). The third kappa shape index (κ3) is 7.87. The topological polar surface area (TPSA) is 112 Å². The Morgan fingerprint density at radius 3 is 1.62 bits per heavy atom. The Hall–Kier alpha value is -3.09. The molecule has 0 saturated carbocycles. The van der Waals surface area contributed by atoms with Crippen LogP contribution in [-0.4, -0.2) is 37.7 Å². The van der Waals surface area contributed by atoms with Gasteiger partial charge in [-0.2, -0.15) is 26.3 Å². The van der Waals surface area contributed by atoms with Crippen LogP contribution in [0, 0.1) is 0 Å². The van der Waals surface area contributed by atoms with Crippen LogP contribution < -0.4 is 5.32 Å². The van der Waals surface area contributed by atoms with E-state index >= 15 is 0 Å². The molecule has 0 unspecified atom stereocenters. The fraction of sp³-hybridized carbons (Fsp3) is 0.333. The van der Waals surface area contributed by atoms with E-state index in [1.54, 1.807) is 20.8 Å². The number of carboxylic acids is 2. The van der Waals surface area contributed by atoms with Gasteiger partial charge in [0.2, 0.25) is 0 Å². The van der Waals surface area contributed by atoms with Crippen molar-refractivity contribution in [3.63, 3.8) is 0 Å². The van der Waals surface area contributed by atoms with Crippen LogP contribution in [-0.2, 0) is 12.4 Å². The number of nitrogens with zero attached hydrogens (tertiary/aromatic N) is 2. The van der Waals surface area contributed by atoms with E-state index in [2.05, 4.69) is 15.3 Å². The van der Waals surface area contributed by atoms with E-state index in [4.69, 9.17) is 21.8 Å². The molecule has 176 valence electrons. The number of aromatic carboxylic acids is 2. The Morgan fingerprint density at radius 2 is 1.25 bits per heavy atom. The van der Waals surface area contributed by atoms with Crippen molar-refractivity contribution < 1.29 is 46.1 Å². The molecule has 0 spiro atoms. The average molecular weight is 488 g/mol. The second-order valence-electron chi connectivity index (χ2n) is 7.16. The molecule has 2 aromatic rings. The molecule has 0 bridgehead atoms. The van der Waals surface area contributed by atoms with Gasteiger partial charge in [-0.1, -0.05) is 11.6 Å². The monoisotopic (exact) mass is 487 g/mol. The SMILES string of the molecule is CC(C)(C)Nc1ncc(C(F)(F)F)cc1C(=O)O.O=C(O)c1cc(C(F)(F)F)cnc1Cl. The van der Waals surface area contributed by atoms with Crippen LogP contribution in [0.5, 0.6) is 0 Å². The second kappa shape index (κ2) is 9.59. The van der Waals surface area contributed by atoms with Gasteiger partial charge in [0.1, 0.15) is 16.5 Å². The number of alkyl halides is 6. The first-order chi connectivity index (χ1) is 14.3. The zero-order valence-electron chi connectivity index (χ0n) is 16.6. The molecular weight excluding hydrogens is 472 g/mol. The van der Waals surface area contributed by atoms with Crippen molar-refractivity contribution in [2.45, 2.75) is 38.7 Å². The van der Waals surface area contributed by atoms with Crippen molar-refractivity contribution in [3.05, 3.63) is 51.9 Å². The van der Waals surface area contributed by atoms with Crippen molar-refractivity contribution >= 4 is 29.4 Å². The molecule has 0 radical (unpaired) electrons. The highest BCUT2D eigenvalue weighted by atomic mass is 35.5. The van der Waals surface area contributed by atoms with Gasteiger partial charge in [0.25, 0.3) is 0 Å². The van der Waals surface area contributed by atoms with Gasteiger partial charge in [0, 0.05) is 17.9 Å². The zero-order valence-corrected chi connectivity index (χ0v) is 17.3. The predicted molar refractivity (Wildman–Crippen MR) is 101 cm³/mol. The Balaban J connectivity index is 0.000000330. The molecule has 0 fully saturated rings. The molecule has 0 aliphatic rings. The summed E-state index contributed by atoms with van der Waals surface area (Å²) in [6, 6.07) is 1.01. The molecule has 0 atom stereocenters. The number of carbonyl (C=O) groups is 2. The van der Waals surface area contributed by atoms with Crippen LogP contribution in [0.4, 0.5) is 32.2 Å². The van der Waals surface area contributed by atoms with Gasteiger partial charge in [-0.05, 0) is 32.9 Å². The maximum Gasteiger partial charge on any atom is 0.417 e. The Bertz CT molecular complexity index is 1000. The van der Waals surface area contributed by atoms with Gasteiger partial charge >= 0.3 is 24.3 Å². The van der Waals surface area contributed by atoms with Crippen molar-refractivity contribution in [1.29, 1.82) is 0 Å². The lowest BCUT2D eigenvalue weighted by Gasteiger charge is -2.22. The summed E-state index contributed by atoms with van der Waals surface area (Å²) in [6.07, 6.45) is -8.14. The molecule has 2 aromatic heterocycles. The van der Waals surface area contributed by atoms with Crippen molar-refractivity contribution in [2.75, 3.05) is 5.32 Å². The van der Waals surface area contributed by atoms with E-state index in [0.717, 1.165) is 0 Å². The largest absolute Gasteiger partial charge is 0.478 e. The molecule has 2 rings (SSSR count). The highest BCUT2D eigenvalue weighted by molar-refractivity contribution is 6.32. The first kappa shape index (κ1) is 26.9. The Kier molecular flexibility index (Phi) is 8.07.